The molecule has 0 unspecified atom stereocenters. The van der Waals surface area contributed by atoms with Crippen LogP contribution in [0.1, 0.15) is 31.7 Å². The normalized spacial score (nSPS) is 15.8. The molecule has 1 fully saturated rings. The predicted octanol–water partition coefficient (Wildman–Crippen LogP) is 4.27. The van der Waals surface area contributed by atoms with Gasteiger partial charge in [-0.05, 0) is 38.3 Å². The molecule has 1 aliphatic heterocycles. The average molecular weight is 257 g/mol. The van der Waals surface area contributed by atoms with E-state index in [1.165, 1.54) is 24.9 Å². The van der Waals surface area contributed by atoms with Crippen LogP contribution in [0.25, 0.3) is 6.08 Å². The van der Waals surface area contributed by atoms with Gasteiger partial charge < -0.3 is 9.64 Å². The van der Waals surface area contributed by atoms with Gasteiger partial charge in [0.1, 0.15) is 5.75 Å². The van der Waals surface area contributed by atoms with Crippen molar-refractivity contribution < 1.29 is 4.74 Å². The lowest BCUT2D eigenvalue weighted by Gasteiger charge is -2.29. The Bertz CT molecular complexity index is 470. The largest absolute Gasteiger partial charge is 0.496 e. The number of hydrogen-bond acceptors (Lipinski definition) is 2. The lowest BCUT2D eigenvalue weighted by atomic mass is 10.1. The van der Waals surface area contributed by atoms with Crippen molar-refractivity contribution in [2.24, 2.45) is 0 Å². The van der Waals surface area contributed by atoms with Gasteiger partial charge in [0.05, 0.1) is 7.11 Å². The van der Waals surface area contributed by atoms with Crippen LogP contribution in [0.2, 0.25) is 0 Å². The van der Waals surface area contributed by atoms with Crippen molar-refractivity contribution in [2.45, 2.75) is 26.2 Å². The second kappa shape index (κ2) is 6.46. The summed E-state index contributed by atoms with van der Waals surface area (Å²) in [4.78, 5) is 2.44. The highest BCUT2D eigenvalue weighted by atomic mass is 16.5. The second-order valence-electron chi connectivity index (χ2n) is 5.15. The molecule has 0 atom stereocenters. The molecule has 1 saturated heterocycles. The molecule has 2 nitrogen and oxygen atoms in total. The zero-order chi connectivity index (χ0) is 13.7. The molecular formula is C17H23NO. The van der Waals surface area contributed by atoms with Crippen molar-refractivity contribution >= 4 is 11.8 Å². The van der Waals surface area contributed by atoms with E-state index in [0.717, 1.165) is 30.0 Å². The van der Waals surface area contributed by atoms with Gasteiger partial charge in [0.15, 0.2) is 0 Å². The topological polar surface area (TPSA) is 12.5 Å². The maximum absolute atomic E-state index is 5.50. The molecule has 0 N–H and O–H groups in total. The van der Waals surface area contributed by atoms with Gasteiger partial charge in [-0.1, -0.05) is 24.3 Å². The summed E-state index contributed by atoms with van der Waals surface area (Å²) in [5, 5.41) is 0. The molecule has 0 bridgehead atoms. The Labute approximate surface area is 116 Å². The number of rotatable bonds is 4. The van der Waals surface area contributed by atoms with Crippen molar-refractivity contribution in [2.75, 3.05) is 25.1 Å². The van der Waals surface area contributed by atoms with Crippen LogP contribution < -0.4 is 9.64 Å². The van der Waals surface area contributed by atoms with Crippen molar-refractivity contribution in [3.05, 3.63) is 42.0 Å². The number of anilines is 1. The van der Waals surface area contributed by atoms with Gasteiger partial charge >= 0.3 is 0 Å². The van der Waals surface area contributed by atoms with Gasteiger partial charge in [-0.3, -0.25) is 0 Å². The maximum atomic E-state index is 5.50. The number of ether oxygens (including phenoxy) is 1. The highest BCUT2D eigenvalue weighted by Crippen LogP contribution is 2.28. The van der Waals surface area contributed by atoms with Crippen LogP contribution in [0.3, 0.4) is 0 Å². The third-order valence-corrected chi connectivity index (χ3v) is 3.49. The van der Waals surface area contributed by atoms with E-state index >= 15 is 0 Å². The number of allylic oxidation sites excluding steroid dienone is 2. The summed E-state index contributed by atoms with van der Waals surface area (Å²) in [6.07, 6.45) is 8.01. The van der Waals surface area contributed by atoms with Crippen molar-refractivity contribution in [1.82, 2.24) is 0 Å². The molecule has 102 valence electrons. The number of hydrogen-bond donors (Lipinski definition) is 0. The van der Waals surface area contributed by atoms with Gasteiger partial charge in [0, 0.05) is 30.4 Å². The minimum absolute atomic E-state index is 0.931. The van der Waals surface area contributed by atoms with E-state index in [0.29, 0.717) is 0 Å². The fraction of sp³-hybridized carbons (Fsp3) is 0.412. The Morgan fingerprint density at radius 3 is 2.63 bits per heavy atom. The Morgan fingerprint density at radius 2 is 2.00 bits per heavy atom. The first-order valence-corrected chi connectivity index (χ1v) is 6.97. The summed E-state index contributed by atoms with van der Waals surface area (Å²) in [5.74, 6) is 0.931. The summed E-state index contributed by atoms with van der Waals surface area (Å²) in [6, 6.07) is 6.46. The Morgan fingerprint density at radius 1 is 1.26 bits per heavy atom. The van der Waals surface area contributed by atoms with Gasteiger partial charge in [-0.2, -0.15) is 0 Å². The van der Waals surface area contributed by atoms with Crippen LogP contribution in [0.4, 0.5) is 5.69 Å². The summed E-state index contributed by atoms with van der Waals surface area (Å²) in [5.41, 5.74) is 3.41. The SMILES string of the molecule is C=C(C)/C=C/c1ccc(N2CCCCC2)cc1OC. The standard InChI is InChI=1S/C17H23NO/c1-14(2)7-8-15-9-10-16(13-17(15)19-3)18-11-5-4-6-12-18/h7-10,13H,1,4-6,11-12H2,2-3H3/b8-7+. The molecule has 0 aromatic heterocycles. The number of benzene rings is 1. The first-order chi connectivity index (χ1) is 9.20. The zero-order valence-electron chi connectivity index (χ0n) is 12.0. The fourth-order valence-corrected chi connectivity index (χ4v) is 2.42. The third-order valence-electron chi connectivity index (χ3n) is 3.49. The molecule has 1 aliphatic rings. The molecule has 2 rings (SSSR count). The third kappa shape index (κ3) is 3.63. The Kier molecular flexibility index (Phi) is 4.67. The minimum Gasteiger partial charge on any atom is -0.496 e. The van der Waals surface area contributed by atoms with Crippen molar-refractivity contribution in [3.8, 4) is 5.75 Å². The van der Waals surface area contributed by atoms with Gasteiger partial charge in [0.2, 0.25) is 0 Å². The molecule has 1 heterocycles. The molecule has 2 heteroatoms. The summed E-state index contributed by atoms with van der Waals surface area (Å²) in [7, 11) is 1.73. The van der Waals surface area contributed by atoms with Crippen molar-refractivity contribution in [3.63, 3.8) is 0 Å². The van der Waals surface area contributed by atoms with E-state index in [2.05, 4.69) is 35.8 Å². The van der Waals surface area contributed by atoms with Crippen LogP contribution in [0.15, 0.2) is 36.4 Å². The lowest BCUT2D eigenvalue weighted by molar-refractivity contribution is 0.413. The Hall–Kier alpha value is -1.70. The number of methoxy groups -OCH3 is 1. The fourth-order valence-electron chi connectivity index (χ4n) is 2.42. The molecule has 1 aromatic rings. The summed E-state index contributed by atoms with van der Waals surface area (Å²) >= 11 is 0. The van der Waals surface area contributed by atoms with Gasteiger partial charge in [0.25, 0.3) is 0 Å². The average Bonchev–Trinajstić information content (AvgIpc) is 2.45. The highest BCUT2D eigenvalue weighted by molar-refractivity contribution is 5.64. The quantitative estimate of drug-likeness (QED) is 0.747. The van der Waals surface area contributed by atoms with E-state index in [1.807, 2.05) is 13.0 Å². The Balaban J connectivity index is 2.22. The molecule has 0 aliphatic carbocycles. The van der Waals surface area contributed by atoms with E-state index in [1.54, 1.807) is 7.11 Å². The number of piperidine rings is 1. The molecule has 19 heavy (non-hydrogen) atoms. The number of nitrogens with zero attached hydrogens (tertiary/aromatic N) is 1. The first kappa shape index (κ1) is 13.7. The molecule has 1 aromatic carbocycles. The maximum Gasteiger partial charge on any atom is 0.128 e. The molecule has 0 radical (unpaired) electrons. The van der Waals surface area contributed by atoms with E-state index in [9.17, 15) is 0 Å². The molecular weight excluding hydrogens is 234 g/mol. The molecule has 0 saturated carbocycles. The smallest absolute Gasteiger partial charge is 0.128 e. The molecule has 0 amide bonds. The second-order valence-corrected chi connectivity index (χ2v) is 5.15. The van der Waals surface area contributed by atoms with Crippen LogP contribution in [-0.2, 0) is 0 Å². The van der Waals surface area contributed by atoms with Crippen LogP contribution >= 0.6 is 0 Å². The summed E-state index contributed by atoms with van der Waals surface area (Å²) < 4.78 is 5.50. The van der Waals surface area contributed by atoms with E-state index in [4.69, 9.17) is 4.74 Å². The highest BCUT2D eigenvalue weighted by Gasteiger charge is 2.12. The van der Waals surface area contributed by atoms with Gasteiger partial charge in [-0.15, -0.1) is 0 Å². The molecule has 0 spiro atoms. The lowest BCUT2D eigenvalue weighted by Crippen LogP contribution is -2.29. The predicted molar refractivity (Wildman–Crippen MR) is 82.9 cm³/mol. The van der Waals surface area contributed by atoms with E-state index in [-0.39, 0.29) is 0 Å². The van der Waals surface area contributed by atoms with Crippen LogP contribution in [-0.4, -0.2) is 20.2 Å². The minimum atomic E-state index is 0.931. The zero-order valence-corrected chi connectivity index (χ0v) is 12.0. The summed E-state index contributed by atoms with van der Waals surface area (Å²) in [6.45, 7) is 8.19. The first-order valence-electron chi connectivity index (χ1n) is 6.97. The van der Waals surface area contributed by atoms with Crippen LogP contribution in [0, 0.1) is 0 Å². The van der Waals surface area contributed by atoms with Gasteiger partial charge in [-0.25, -0.2) is 0 Å². The monoisotopic (exact) mass is 257 g/mol. The van der Waals surface area contributed by atoms with Crippen molar-refractivity contribution in [1.29, 1.82) is 0 Å². The van der Waals surface area contributed by atoms with Crippen LogP contribution in [0.5, 0.6) is 5.75 Å². The van der Waals surface area contributed by atoms with E-state index < -0.39 is 0 Å².